The second-order valence-electron chi connectivity index (χ2n) is 8.30. The largest absolute Gasteiger partial charge is 0.416 e. The summed E-state index contributed by atoms with van der Waals surface area (Å²) in [6.45, 7) is 0.329. The van der Waals surface area contributed by atoms with E-state index in [-0.39, 0.29) is 17.3 Å². The number of nitrogens with zero attached hydrogens (tertiary/aromatic N) is 7. The quantitative estimate of drug-likeness (QED) is 0.380. The number of hydrogen-bond acceptors (Lipinski definition) is 9. The van der Waals surface area contributed by atoms with E-state index >= 15 is 0 Å². The molecule has 1 aliphatic carbocycles. The maximum absolute atomic E-state index is 12.9. The van der Waals surface area contributed by atoms with Crippen molar-refractivity contribution in [2.24, 2.45) is 5.10 Å². The number of rotatable bonds is 7. The van der Waals surface area contributed by atoms with E-state index in [1.807, 2.05) is 7.05 Å². The van der Waals surface area contributed by atoms with Crippen molar-refractivity contribution in [3.8, 4) is 5.82 Å². The minimum Gasteiger partial charge on any atom is -0.378 e. The molecule has 2 aromatic heterocycles. The van der Waals surface area contributed by atoms with Crippen LogP contribution in [0.3, 0.4) is 0 Å². The number of aromatic nitrogens is 5. The molecule has 0 saturated heterocycles. The molecule has 1 amide bonds. The van der Waals surface area contributed by atoms with Crippen LogP contribution in [0.15, 0.2) is 34.0 Å². The average molecular weight is 491 g/mol. The number of anilines is 1. The van der Waals surface area contributed by atoms with Gasteiger partial charge >= 0.3 is 6.18 Å². The molecule has 0 bridgehead atoms. The van der Waals surface area contributed by atoms with Gasteiger partial charge in [0.05, 0.1) is 17.5 Å². The van der Waals surface area contributed by atoms with Crippen LogP contribution >= 0.6 is 0 Å². The summed E-state index contributed by atoms with van der Waals surface area (Å²) in [4.78, 5) is 15.0. The number of nitrogen functional groups attached to an aromatic ring is 1. The van der Waals surface area contributed by atoms with Gasteiger partial charge in [0, 0.05) is 12.6 Å². The Kier molecular flexibility index (Phi) is 7.10. The van der Waals surface area contributed by atoms with Crippen molar-refractivity contribution in [2.45, 2.75) is 50.9 Å². The first-order valence-corrected chi connectivity index (χ1v) is 11.0. The molecule has 186 valence electrons. The lowest BCUT2D eigenvalue weighted by atomic mass is 9.94. The van der Waals surface area contributed by atoms with E-state index in [0.29, 0.717) is 23.8 Å². The van der Waals surface area contributed by atoms with Gasteiger partial charge in [-0.1, -0.05) is 36.6 Å². The molecule has 0 aliphatic heterocycles. The molecule has 2 heterocycles. The molecular weight excluding hydrogens is 467 g/mol. The number of alkyl halides is 3. The summed E-state index contributed by atoms with van der Waals surface area (Å²) < 4.78 is 44.1. The minimum absolute atomic E-state index is 0.000344. The van der Waals surface area contributed by atoms with Crippen LogP contribution in [0, 0.1) is 0 Å². The van der Waals surface area contributed by atoms with Crippen LogP contribution in [-0.2, 0) is 12.7 Å². The number of amides is 1. The number of nitrogens with one attached hydrogen (secondary N) is 1. The summed E-state index contributed by atoms with van der Waals surface area (Å²) >= 11 is 0. The third kappa shape index (κ3) is 5.65. The van der Waals surface area contributed by atoms with E-state index in [1.165, 1.54) is 29.4 Å². The fourth-order valence-corrected chi connectivity index (χ4v) is 3.99. The number of nitrogens with two attached hydrogens (primary N) is 1. The topological polar surface area (TPSA) is 140 Å². The van der Waals surface area contributed by atoms with E-state index < -0.39 is 17.6 Å². The molecule has 3 aromatic rings. The summed E-state index contributed by atoms with van der Waals surface area (Å²) in [5.41, 5.74) is 8.18. The first-order chi connectivity index (χ1) is 16.7. The van der Waals surface area contributed by atoms with Crippen molar-refractivity contribution in [3.63, 3.8) is 0 Å². The minimum atomic E-state index is -4.43. The van der Waals surface area contributed by atoms with Gasteiger partial charge in [0.25, 0.3) is 5.91 Å². The Labute approximate surface area is 198 Å². The van der Waals surface area contributed by atoms with Gasteiger partial charge in [-0.3, -0.25) is 9.69 Å². The number of benzene rings is 1. The number of hydrazone groups is 1. The summed E-state index contributed by atoms with van der Waals surface area (Å²) in [5, 5.41) is 19.2. The number of carbonyl (C=O) groups excluding carboxylic acids is 1. The van der Waals surface area contributed by atoms with E-state index in [0.717, 1.165) is 37.8 Å². The Balaban J connectivity index is 1.52. The predicted octanol–water partition coefficient (Wildman–Crippen LogP) is 2.78. The van der Waals surface area contributed by atoms with Crippen molar-refractivity contribution in [2.75, 3.05) is 12.8 Å². The van der Waals surface area contributed by atoms with Gasteiger partial charge in [0.2, 0.25) is 11.6 Å². The number of halogens is 3. The molecule has 3 N–H and O–H groups in total. The Bertz CT molecular complexity index is 1180. The van der Waals surface area contributed by atoms with E-state index in [1.54, 1.807) is 0 Å². The summed E-state index contributed by atoms with van der Waals surface area (Å²) in [6, 6.07) is 4.71. The lowest BCUT2D eigenvalue weighted by Gasteiger charge is -2.31. The van der Waals surface area contributed by atoms with Crippen LogP contribution in [0.2, 0.25) is 0 Å². The van der Waals surface area contributed by atoms with E-state index in [4.69, 9.17) is 5.73 Å². The van der Waals surface area contributed by atoms with Gasteiger partial charge in [-0.15, -0.1) is 5.10 Å². The summed E-state index contributed by atoms with van der Waals surface area (Å²) in [5.74, 6) is -0.554. The lowest BCUT2D eigenvalue weighted by Crippen LogP contribution is -2.34. The zero-order chi connectivity index (χ0) is 25.0. The van der Waals surface area contributed by atoms with Gasteiger partial charge in [-0.05, 0) is 47.9 Å². The fourth-order valence-electron chi connectivity index (χ4n) is 3.99. The number of carbonyl (C=O) groups is 1. The van der Waals surface area contributed by atoms with E-state index in [2.05, 4.69) is 40.7 Å². The third-order valence-corrected chi connectivity index (χ3v) is 5.89. The van der Waals surface area contributed by atoms with Crippen molar-refractivity contribution < 1.29 is 22.6 Å². The van der Waals surface area contributed by atoms with Crippen molar-refractivity contribution in [1.82, 2.24) is 35.6 Å². The molecule has 1 fully saturated rings. The third-order valence-electron chi connectivity index (χ3n) is 5.89. The Hall–Kier alpha value is -3.81. The first kappa shape index (κ1) is 24.3. The van der Waals surface area contributed by atoms with Gasteiger partial charge in [-0.25, -0.2) is 10.1 Å². The molecule has 0 spiro atoms. The monoisotopic (exact) mass is 491 g/mol. The fraction of sp³-hybridized carbons (Fsp3) is 0.429. The van der Waals surface area contributed by atoms with E-state index in [9.17, 15) is 18.0 Å². The van der Waals surface area contributed by atoms with Gasteiger partial charge < -0.3 is 5.73 Å². The molecule has 0 radical (unpaired) electrons. The highest BCUT2D eigenvalue weighted by molar-refractivity contribution is 5.94. The maximum Gasteiger partial charge on any atom is 0.416 e. The van der Waals surface area contributed by atoms with Gasteiger partial charge in [0.15, 0.2) is 5.69 Å². The molecule has 1 saturated carbocycles. The van der Waals surface area contributed by atoms with Crippen molar-refractivity contribution >= 4 is 17.9 Å². The average Bonchev–Trinajstić information content (AvgIpc) is 3.45. The Morgan fingerprint density at radius 2 is 1.97 bits per heavy atom. The van der Waals surface area contributed by atoms with Crippen molar-refractivity contribution in [1.29, 1.82) is 0 Å². The van der Waals surface area contributed by atoms with Crippen LogP contribution in [-0.4, -0.2) is 55.4 Å². The zero-order valence-electron chi connectivity index (χ0n) is 18.9. The highest BCUT2D eigenvalue weighted by Crippen LogP contribution is 2.29. The molecule has 0 unspecified atom stereocenters. The molecule has 14 heteroatoms. The molecule has 4 rings (SSSR count). The smallest absolute Gasteiger partial charge is 0.378 e. The maximum atomic E-state index is 12.9. The lowest BCUT2D eigenvalue weighted by molar-refractivity contribution is -0.137. The van der Waals surface area contributed by atoms with Crippen LogP contribution in [0.4, 0.5) is 19.0 Å². The molecule has 0 atom stereocenters. The second-order valence-corrected chi connectivity index (χ2v) is 8.30. The predicted molar refractivity (Wildman–Crippen MR) is 118 cm³/mol. The summed E-state index contributed by atoms with van der Waals surface area (Å²) in [7, 11) is 1.96. The molecule has 35 heavy (non-hydrogen) atoms. The standard InChI is InChI=1S/C21H24F3N9O2/c1-32(15-5-3-2-4-6-15)12-16-17(27-31-33(16)19-18(25)29-35-30-19)20(34)28-26-11-13-7-9-14(10-8-13)21(22,23)24/h7-11,15H,2-6,12H2,1H3,(H2,25,29)(H,28,34)/b26-11-. The van der Waals surface area contributed by atoms with Gasteiger partial charge in [0.1, 0.15) is 0 Å². The van der Waals surface area contributed by atoms with Gasteiger partial charge in [-0.2, -0.15) is 23.0 Å². The number of hydrogen-bond donors (Lipinski definition) is 2. The molecule has 1 aliphatic rings. The second kappa shape index (κ2) is 10.2. The first-order valence-electron chi connectivity index (χ1n) is 11.0. The normalized spacial score (nSPS) is 15.2. The Morgan fingerprint density at radius 1 is 1.26 bits per heavy atom. The highest BCUT2D eigenvalue weighted by atomic mass is 19.4. The zero-order valence-corrected chi connectivity index (χ0v) is 18.9. The molecular formula is C21H24F3N9O2. The Morgan fingerprint density at radius 3 is 2.60 bits per heavy atom. The van der Waals surface area contributed by atoms with Crippen LogP contribution in [0.1, 0.15) is 59.4 Å². The SMILES string of the molecule is CN(Cc1c(C(=O)N/N=C\c2ccc(C(F)(F)F)cc2)nnn1-c1nonc1N)C1CCCCC1. The van der Waals surface area contributed by atoms with Crippen molar-refractivity contribution in [3.05, 3.63) is 46.8 Å². The molecule has 1 aromatic carbocycles. The summed E-state index contributed by atoms with van der Waals surface area (Å²) in [6.07, 6.45) is 2.37. The highest BCUT2D eigenvalue weighted by Gasteiger charge is 2.30. The molecule has 11 nitrogen and oxygen atoms in total. The van der Waals surface area contributed by atoms with Crippen LogP contribution in [0.25, 0.3) is 5.82 Å². The van der Waals surface area contributed by atoms with Crippen LogP contribution in [0.5, 0.6) is 0 Å². The van der Waals surface area contributed by atoms with Crippen LogP contribution < -0.4 is 11.2 Å².